The Morgan fingerprint density at radius 3 is 2.37 bits per heavy atom. The lowest BCUT2D eigenvalue weighted by Crippen LogP contribution is -2.40. The van der Waals surface area contributed by atoms with Crippen LogP contribution in [0.1, 0.15) is 65.7 Å². The van der Waals surface area contributed by atoms with Gasteiger partial charge in [0.05, 0.1) is 12.6 Å². The normalized spacial score (nSPS) is 12.2. The topological polar surface area (TPSA) is 55.4 Å². The molecule has 0 saturated heterocycles. The van der Waals surface area contributed by atoms with Crippen molar-refractivity contribution in [3.05, 3.63) is 0 Å². The zero-order valence-corrected chi connectivity index (χ0v) is 12.7. The molecule has 1 unspecified atom stereocenters. The smallest absolute Gasteiger partial charge is 0.222 e. The highest BCUT2D eigenvalue weighted by Crippen LogP contribution is 2.06. The van der Waals surface area contributed by atoms with Gasteiger partial charge in [0, 0.05) is 13.0 Å². The Kier molecular flexibility index (Phi) is 11.6. The van der Waals surface area contributed by atoms with Crippen molar-refractivity contribution in [3.8, 4) is 0 Å². The van der Waals surface area contributed by atoms with Gasteiger partial charge in [-0.15, -0.1) is 0 Å². The average Bonchev–Trinajstić information content (AvgIpc) is 2.38. The lowest BCUT2D eigenvalue weighted by molar-refractivity contribution is -0.127. The van der Waals surface area contributed by atoms with Crippen LogP contribution in [0.2, 0.25) is 0 Å². The first-order chi connectivity index (χ1) is 9.11. The Bertz CT molecular complexity index is 254. The third-order valence-corrected chi connectivity index (χ3v) is 2.99. The van der Waals surface area contributed by atoms with E-state index in [1.807, 2.05) is 6.92 Å². The Labute approximate surface area is 117 Å². The van der Waals surface area contributed by atoms with E-state index in [-0.39, 0.29) is 17.7 Å². The van der Waals surface area contributed by atoms with Crippen molar-refractivity contribution in [2.75, 3.05) is 13.2 Å². The number of amides is 1. The second-order valence-corrected chi connectivity index (χ2v) is 4.94. The van der Waals surface area contributed by atoms with Gasteiger partial charge < -0.3 is 10.1 Å². The van der Waals surface area contributed by atoms with Crippen LogP contribution in [0.4, 0.5) is 0 Å². The lowest BCUT2D eigenvalue weighted by Gasteiger charge is -2.15. The Hall–Kier alpha value is -0.900. The van der Waals surface area contributed by atoms with Gasteiger partial charge in [-0.1, -0.05) is 39.5 Å². The maximum atomic E-state index is 11.7. The first-order valence-electron chi connectivity index (χ1n) is 7.49. The maximum Gasteiger partial charge on any atom is 0.222 e. The van der Waals surface area contributed by atoms with Crippen LogP contribution in [0.15, 0.2) is 0 Å². The molecule has 0 spiro atoms. The molecule has 0 bridgehead atoms. The molecule has 1 amide bonds. The average molecular weight is 271 g/mol. The number of unbranched alkanes of at least 4 members (excludes halogenated alkanes) is 3. The number of rotatable bonds is 12. The van der Waals surface area contributed by atoms with Gasteiger partial charge in [-0.05, 0) is 19.8 Å². The largest absolute Gasteiger partial charge is 0.381 e. The minimum atomic E-state index is -0.324. The molecule has 4 nitrogen and oxygen atoms in total. The number of Topliss-reactive ketones (excluding diaryl/α,β-unsaturated/α-hetero) is 1. The molecule has 1 N–H and O–H groups in total. The van der Waals surface area contributed by atoms with Crippen LogP contribution < -0.4 is 5.32 Å². The van der Waals surface area contributed by atoms with E-state index in [0.29, 0.717) is 19.6 Å². The minimum Gasteiger partial charge on any atom is -0.381 e. The van der Waals surface area contributed by atoms with Gasteiger partial charge >= 0.3 is 0 Å². The van der Waals surface area contributed by atoms with Crippen molar-refractivity contribution in [3.63, 3.8) is 0 Å². The van der Waals surface area contributed by atoms with Crippen molar-refractivity contribution in [2.24, 2.45) is 0 Å². The fraction of sp³-hybridized carbons (Fsp3) is 0.867. The van der Waals surface area contributed by atoms with Crippen molar-refractivity contribution in [1.82, 2.24) is 5.32 Å². The lowest BCUT2D eigenvalue weighted by atomic mass is 10.0. The Morgan fingerprint density at radius 2 is 1.79 bits per heavy atom. The highest BCUT2D eigenvalue weighted by Gasteiger charge is 2.16. The number of nitrogens with one attached hydrogen (secondary N) is 1. The molecule has 0 rings (SSSR count). The second kappa shape index (κ2) is 12.2. The van der Waals surface area contributed by atoms with E-state index in [1.54, 1.807) is 6.92 Å². The summed E-state index contributed by atoms with van der Waals surface area (Å²) in [6.45, 7) is 6.83. The zero-order chi connectivity index (χ0) is 14.5. The monoisotopic (exact) mass is 271 g/mol. The van der Waals surface area contributed by atoms with Crippen LogP contribution in [-0.2, 0) is 14.3 Å². The van der Waals surface area contributed by atoms with E-state index in [2.05, 4.69) is 12.2 Å². The highest BCUT2D eigenvalue weighted by atomic mass is 16.5. The van der Waals surface area contributed by atoms with Gasteiger partial charge in [-0.3, -0.25) is 9.59 Å². The molecule has 0 aromatic carbocycles. The predicted octanol–water partition coefficient (Wildman–Crippen LogP) is 2.85. The number of hydrogen-bond donors (Lipinski definition) is 1. The SMILES string of the molecule is CCCCCCC(NC(=O)CCOCCC)C(C)=O. The van der Waals surface area contributed by atoms with Crippen LogP contribution in [0, 0.1) is 0 Å². The molecule has 112 valence electrons. The summed E-state index contributed by atoms with van der Waals surface area (Å²) in [7, 11) is 0. The Balaban J connectivity index is 3.85. The van der Waals surface area contributed by atoms with Crippen molar-refractivity contribution >= 4 is 11.7 Å². The van der Waals surface area contributed by atoms with E-state index < -0.39 is 0 Å². The number of carbonyl (C=O) groups excluding carboxylic acids is 2. The zero-order valence-electron chi connectivity index (χ0n) is 12.7. The van der Waals surface area contributed by atoms with Crippen LogP contribution >= 0.6 is 0 Å². The number of carbonyl (C=O) groups is 2. The van der Waals surface area contributed by atoms with Gasteiger partial charge in [0.1, 0.15) is 0 Å². The molecular formula is C15H29NO3. The molecule has 0 aliphatic rings. The molecular weight excluding hydrogens is 242 g/mol. The maximum absolute atomic E-state index is 11.7. The summed E-state index contributed by atoms with van der Waals surface area (Å²) in [5.74, 6) is -0.0499. The molecule has 1 atom stereocenters. The summed E-state index contributed by atoms with van der Waals surface area (Å²) >= 11 is 0. The summed E-state index contributed by atoms with van der Waals surface area (Å²) < 4.78 is 5.26. The third kappa shape index (κ3) is 10.7. The highest BCUT2D eigenvalue weighted by molar-refractivity contribution is 5.87. The Morgan fingerprint density at radius 1 is 1.05 bits per heavy atom. The molecule has 0 fully saturated rings. The molecule has 0 aromatic rings. The van der Waals surface area contributed by atoms with Crippen LogP contribution in [0.25, 0.3) is 0 Å². The fourth-order valence-corrected chi connectivity index (χ4v) is 1.83. The first kappa shape index (κ1) is 18.1. The molecule has 0 aliphatic heterocycles. The molecule has 0 saturated carbocycles. The van der Waals surface area contributed by atoms with Crippen molar-refractivity contribution in [1.29, 1.82) is 0 Å². The molecule has 0 radical (unpaired) electrons. The summed E-state index contributed by atoms with van der Waals surface area (Å²) in [5, 5.41) is 2.80. The second-order valence-electron chi connectivity index (χ2n) is 4.94. The van der Waals surface area contributed by atoms with Crippen LogP contribution in [0.3, 0.4) is 0 Å². The van der Waals surface area contributed by atoms with Crippen molar-refractivity contribution in [2.45, 2.75) is 71.8 Å². The van der Waals surface area contributed by atoms with Gasteiger partial charge in [-0.2, -0.15) is 0 Å². The summed E-state index contributed by atoms with van der Waals surface area (Å²) in [6.07, 6.45) is 6.50. The summed E-state index contributed by atoms with van der Waals surface area (Å²) in [6, 6.07) is -0.324. The molecule has 0 aromatic heterocycles. The van der Waals surface area contributed by atoms with Gasteiger partial charge in [-0.25, -0.2) is 0 Å². The van der Waals surface area contributed by atoms with E-state index in [9.17, 15) is 9.59 Å². The van der Waals surface area contributed by atoms with E-state index in [4.69, 9.17) is 4.74 Å². The third-order valence-electron chi connectivity index (χ3n) is 2.99. The van der Waals surface area contributed by atoms with Crippen LogP contribution in [0.5, 0.6) is 0 Å². The number of hydrogen-bond acceptors (Lipinski definition) is 3. The molecule has 19 heavy (non-hydrogen) atoms. The number of ketones is 1. The van der Waals surface area contributed by atoms with Crippen LogP contribution in [-0.4, -0.2) is 30.9 Å². The van der Waals surface area contributed by atoms with Gasteiger partial charge in [0.25, 0.3) is 0 Å². The number of ether oxygens (including phenoxy) is 1. The molecule has 4 heteroatoms. The standard InChI is InChI=1S/C15H29NO3/c1-4-6-7-8-9-14(13(3)17)16-15(18)10-12-19-11-5-2/h14H,4-12H2,1-3H3,(H,16,18). The summed E-state index contributed by atoms with van der Waals surface area (Å²) in [5.41, 5.74) is 0. The van der Waals surface area contributed by atoms with E-state index in [0.717, 1.165) is 25.7 Å². The minimum absolute atomic E-state index is 0.0410. The van der Waals surface area contributed by atoms with Gasteiger partial charge in [0.2, 0.25) is 5.91 Å². The van der Waals surface area contributed by atoms with Gasteiger partial charge in [0.15, 0.2) is 5.78 Å². The van der Waals surface area contributed by atoms with Crippen molar-refractivity contribution < 1.29 is 14.3 Å². The first-order valence-corrected chi connectivity index (χ1v) is 7.49. The molecule has 0 heterocycles. The van der Waals surface area contributed by atoms with E-state index >= 15 is 0 Å². The predicted molar refractivity (Wildman–Crippen MR) is 77.1 cm³/mol. The quantitative estimate of drug-likeness (QED) is 0.555. The summed E-state index contributed by atoms with van der Waals surface area (Å²) in [4.78, 5) is 23.1. The molecule has 0 aliphatic carbocycles. The fourth-order valence-electron chi connectivity index (χ4n) is 1.83. The van der Waals surface area contributed by atoms with E-state index in [1.165, 1.54) is 12.8 Å².